The summed E-state index contributed by atoms with van der Waals surface area (Å²) in [5.41, 5.74) is -0.0188. The molecule has 1 N–H and O–H groups in total. The Bertz CT molecular complexity index is 1020. The Morgan fingerprint density at radius 1 is 1.09 bits per heavy atom. The average molecular weight is 485 g/mol. The van der Waals surface area contributed by atoms with Crippen LogP contribution >= 0.6 is 0 Å². The third-order valence-electron chi connectivity index (χ3n) is 5.50. The largest absolute Gasteiger partial charge is 0.416 e. The molecule has 0 bridgehead atoms. The number of benzene rings is 2. The predicted octanol–water partition coefficient (Wildman–Crippen LogP) is 5.62. The van der Waals surface area contributed by atoms with E-state index in [1.54, 1.807) is 24.3 Å². The molecule has 182 valence electrons. The van der Waals surface area contributed by atoms with E-state index in [2.05, 4.69) is 19.2 Å². The normalized spacial score (nSPS) is 12.9. The number of alkyl halides is 3. The summed E-state index contributed by atoms with van der Waals surface area (Å²) < 4.78 is 64.7. The first-order valence-electron chi connectivity index (χ1n) is 11.0. The zero-order chi connectivity index (χ0) is 24.6. The Kier molecular flexibility index (Phi) is 9.34. The first-order chi connectivity index (χ1) is 15.5. The fourth-order valence-electron chi connectivity index (χ4n) is 3.45. The smallest absolute Gasteiger partial charge is 0.352 e. The van der Waals surface area contributed by atoms with Gasteiger partial charge in [-0.25, -0.2) is 8.42 Å². The van der Waals surface area contributed by atoms with Crippen LogP contribution in [0.5, 0.6) is 0 Å². The van der Waals surface area contributed by atoms with Crippen molar-refractivity contribution in [2.24, 2.45) is 5.92 Å². The molecule has 0 fully saturated rings. The molecule has 2 rings (SSSR count). The van der Waals surface area contributed by atoms with Crippen molar-refractivity contribution < 1.29 is 26.4 Å². The van der Waals surface area contributed by atoms with Gasteiger partial charge in [0.05, 0.1) is 24.1 Å². The fourth-order valence-corrected chi connectivity index (χ4v) is 4.33. The summed E-state index contributed by atoms with van der Waals surface area (Å²) in [5.74, 6) is 0.207. The van der Waals surface area contributed by atoms with Crippen LogP contribution in [0.4, 0.5) is 18.9 Å². The van der Waals surface area contributed by atoms with E-state index in [1.807, 2.05) is 0 Å². The zero-order valence-corrected chi connectivity index (χ0v) is 20.0. The molecule has 0 unspecified atom stereocenters. The third-order valence-corrected chi connectivity index (χ3v) is 6.64. The Labute approximate surface area is 194 Å². The van der Waals surface area contributed by atoms with Crippen LogP contribution in [0.2, 0.25) is 0 Å². The molecule has 0 saturated heterocycles. The number of sulfonamides is 1. The molecule has 5 nitrogen and oxygen atoms in total. The Morgan fingerprint density at radius 3 is 2.30 bits per heavy atom. The van der Waals surface area contributed by atoms with Crippen molar-refractivity contribution >= 4 is 21.6 Å². The van der Waals surface area contributed by atoms with E-state index in [0.717, 1.165) is 48.4 Å². The number of nitrogens with zero attached hydrogens (tertiary/aromatic N) is 1. The second-order valence-electron chi connectivity index (χ2n) is 8.14. The van der Waals surface area contributed by atoms with E-state index < -0.39 is 21.8 Å². The van der Waals surface area contributed by atoms with Gasteiger partial charge in [0, 0.05) is 12.1 Å². The molecule has 9 heteroatoms. The fraction of sp³-hybridized carbons (Fsp3) is 0.458. The maximum Gasteiger partial charge on any atom is 0.416 e. The van der Waals surface area contributed by atoms with Gasteiger partial charge in [0.25, 0.3) is 5.91 Å². The molecule has 33 heavy (non-hydrogen) atoms. The quantitative estimate of drug-likeness (QED) is 0.450. The highest BCUT2D eigenvalue weighted by Crippen LogP contribution is 2.32. The van der Waals surface area contributed by atoms with Crippen molar-refractivity contribution in [3.63, 3.8) is 0 Å². The topological polar surface area (TPSA) is 66.5 Å². The second-order valence-corrected chi connectivity index (χ2v) is 10.0. The van der Waals surface area contributed by atoms with Crippen LogP contribution in [0.1, 0.15) is 61.0 Å². The van der Waals surface area contributed by atoms with Gasteiger partial charge >= 0.3 is 6.18 Å². The molecule has 1 atom stereocenters. The summed E-state index contributed by atoms with van der Waals surface area (Å²) in [7, 11) is -3.85. The highest BCUT2D eigenvalue weighted by molar-refractivity contribution is 7.92. The SMILES string of the molecule is CCCC[C@@H](CC)CNC(=O)c1ccc(CN(c2cccc(C(F)(F)F)c2)S(C)(=O)=O)cc1. The zero-order valence-electron chi connectivity index (χ0n) is 19.2. The molecule has 2 aromatic rings. The number of carbonyl (C=O) groups is 1. The molecular weight excluding hydrogens is 453 g/mol. The van der Waals surface area contributed by atoms with Crippen molar-refractivity contribution in [1.29, 1.82) is 0 Å². The van der Waals surface area contributed by atoms with Crippen molar-refractivity contribution in [3.05, 3.63) is 65.2 Å². The molecule has 0 aliphatic rings. The van der Waals surface area contributed by atoms with Crippen LogP contribution in [0.3, 0.4) is 0 Å². The van der Waals surface area contributed by atoms with Gasteiger partial charge in [-0.3, -0.25) is 9.10 Å². The van der Waals surface area contributed by atoms with E-state index in [4.69, 9.17) is 0 Å². The number of amides is 1. The summed E-state index contributed by atoms with van der Waals surface area (Å²) in [6.45, 7) is 4.66. The summed E-state index contributed by atoms with van der Waals surface area (Å²) in [6.07, 6.45) is 0.626. The lowest BCUT2D eigenvalue weighted by Gasteiger charge is -2.23. The molecule has 0 aromatic heterocycles. The van der Waals surface area contributed by atoms with E-state index in [9.17, 15) is 26.4 Å². The molecule has 2 aromatic carbocycles. The summed E-state index contributed by atoms with van der Waals surface area (Å²) >= 11 is 0. The van der Waals surface area contributed by atoms with Crippen molar-refractivity contribution in [2.45, 2.75) is 52.3 Å². The van der Waals surface area contributed by atoms with E-state index in [1.165, 1.54) is 12.1 Å². The van der Waals surface area contributed by atoms with Crippen LogP contribution in [0.15, 0.2) is 48.5 Å². The number of halogens is 3. The minimum absolute atomic E-state index is 0.0770. The number of hydrogen-bond acceptors (Lipinski definition) is 3. The summed E-state index contributed by atoms with van der Waals surface area (Å²) in [6, 6.07) is 10.6. The molecule has 0 aliphatic carbocycles. The van der Waals surface area contributed by atoms with E-state index in [-0.39, 0.29) is 18.1 Å². The minimum Gasteiger partial charge on any atom is -0.352 e. The van der Waals surface area contributed by atoms with Gasteiger partial charge in [-0.15, -0.1) is 0 Å². The standard InChI is InChI=1S/C24H31F3N2O3S/c1-4-6-8-18(5-2)16-28-23(30)20-13-11-19(12-14-20)17-29(33(3,31)32)22-10-7-9-21(15-22)24(25,26)27/h7,9-15,18H,4-6,8,16-17H2,1-3H3,(H,28,30)/t18-/m1/s1. The third kappa shape index (κ3) is 8.07. The lowest BCUT2D eigenvalue weighted by molar-refractivity contribution is -0.137. The van der Waals surface area contributed by atoms with Crippen molar-refractivity contribution in [3.8, 4) is 0 Å². The first kappa shape index (κ1) is 26.7. The van der Waals surface area contributed by atoms with Gasteiger partial charge in [-0.2, -0.15) is 13.2 Å². The first-order valence-corrected chi connectivity index (χ1v) is 12.8. The van der Waals surface area contributed by atoms with Crippen molar-refractivity contribution in [1.82, 2.24) is 5.32 Å². The number of anilines is 1. The van der Waals surface area contributed by atoms with Crippen LogP contribution in [0.25, 0.3) is 0 Å². The second kappa shape index (κ2) is 11.5. The van der Waals surface area contributed by atoms with Crippen molar-refractivity contribution in [2.75, 3.05) is 17.1 Å². The highest BCUT2D eigenvalue weighted by Gasteiger charge is 2.31. The van der Waals surface area contributed by atoms with Gasteiger partial charge < -0.3 is 5.32 Å². The van der Waals surface area contributed by atoms with Gasteiger partial charge in [-0.1, -0.05) is 51.3 Å². The van der Waals surface area contributed by atoms with Gasteiger partial charge in [0.1, 0.15) is 0 Å². The van der Waals surface area contributed by atoms with E-state index >= 15 is 0 Å². The molecule has 0 saturated carbocycles. The summed E-state index contributed by atoms with van der Waals surface area (Å²) in [5, 5.41) is 2.94. The average Bonchev–Trinajstić information content (AvgIpc) is 2.76. The highest BCUT2D eigenvalue weighted by atomic mass is 32.2. The maximum absolute atomic E-state index is 13.1. The number of carbonyl (C=O) groups excluding carboxylic acids is 1. The number of rotatable bonds is 11. The van der Waals surface area contributed by atoms with Gasteiger partial charge in [0.2, 0.25) is 10.0 Å². The Hall–Kier alpha value is -2.55. The number of unbranched alkanes of at least 4 members (excludes halogenated alkanes) is 1. The molecule has 1 amide bonds. The van der Waals surface area contributed by atoms with Crippen LogP contribution in [0, 0.1) is 5.92 Å². The summed E-state index contributed by atoms with van der Waals surface area (Å²) in [4.78, 5) is 12.5. The maximum atomic E-state index is 13.1. The molecule has 0 aliphatic heterocycles. The van der Waals surface area contributed by atoms with Gasteiger partial charge in [0.15, 0.2) is 0 Å². The van der Waals surface area contributed by atoms with E-state index in [0.29, 0.717) is 23.6 Å². The molecule has 0 radical (unpaired) electrons. The molecule has 0 heterocycles. The van der Waals surface area contributed by atoms with Crippen LogP contribution in [-0.2, 0) is 22.7 Å². The lowest BCUT2D eigenvalue weighted by Crippen LogP contribution is -2.30. The Morgan fingerprint density at radius 2 is 1.76 bits per heavy atom. The molecule has 0 spiro atoms. The predicted molar refractivity (Wildman–Crippen MR) is 125 cm³/mol. The number of nitrogens with one attached hydrogen (secondary N) is 1. The molecular formula is C24H31F3N2O3S. The Balaban J connectivity index is 2.13. The lowest BCUT2D eigenvalue weighted by atomic mass is 9.99. The minimum atomic E-state index is -4.58. The monoisotopic (exact) mass is 484 g/mol. The van der Waals surface area contributed by atoms with Crippen LogP contribution < -0.4 is 9.62 Å². The van der Waals surface area contributed by atoms with Gasteiger partial charge in [-0.05, 0) is 48.2 Å². The van der Waals surface area contributed by atoms with Crippen LogP contribution in [-0.4, -0.2) is 27.1 Å². The number of hydrogen-bond donors (Lipinski definition) is 1.